The molecule has 2 atom stereocenters. The van der Waals surface area contributed by atoms with E-state index in [-0.39, 0.29) is 16.9 Å². The number of sulfonamides is 1. The minimum Gasteiger partial charge on any atom is -0.208 e. The van der Waals surface area contributed by atoms with Crippen LogP contribution in [0.15, 0.2) is 29.2 Å². The van der Waals surface area contributed by atoms with Gasteiger partial charge in [0.25, 0.3) is 0 Å². The van der Waals surface area contributed by atoms with Crippen molar-refractivity contribution in [1.82, 2.24) is 4.72 Å². The first-order valence-electron chi connectivity index (χ1n) is 6.37. The predicted octanol–water partition coefficient (Wildman–Crippen LogP) is 3.06. The lowest BCUT2D eigenvalue weighted by Crippen LogP contribution is -2.42. The van der Waals surface area contributed by atoms with E-state index in [1.165, 1.54) is 18.2 Å². The van der Waals surface area contributed by atoms with Crippen LogP contribution in [0.3, 0.4) is 0 Å². The van der Waals surface area contributed by atoms with Crippen molar-refractivity contribution in [2.45, 2.75) is 36.6 Å². The highest BCUT2D eigenvalue weighted by Gasteiger charge is 2.29. The average Bonchev–Trinajstić information content (AvgIpc) is 2.39. The van der Waals surface area contributed by atoms with Gasteiger partial charge in [-0.3, -0.25) is 0 Å². The predicted molar refractivity (Wildman–Crippen MR) is 76.3 cm³/mol. The molecule has 1 saturated carbocycles. The first kappa shape index (κ1) is 14.9. The zero-order valence-electron chi connectivity index (χ0n) is 10.5. The van der Waals surface area contributed by atoms with Crippen molar-refractivity contribution < 1.29 is 12.8 Å². The number of hydrogen-bond donors (Lipinski definition) is 1. The van der Waals surface area contributed by atoms with Gasteiger partial charge in [0.2, 0.25) is 10.0 Å². The Morgan fingerprint density at radius 1 is 1.26 bits per heavy atom. The summed E-state index contributed by atoms with van der Waals surface area (Å²) in [7, 11) is -3.78. The molecule has 106 valence electrons. The molecular weight excluding hydrogens is 333 g/mol. The van der Waals surface area contributed by atoms with Gasteiger partial charge in [-0.25, -0.2) is 17.5 Å². The Morgan fingerprint density at radius 3 is 2.63 bits per heavy atom. The molecule has 0 spiro atoms. The topological polar surface area (TPSA) is 46.2 Å². The van der Waals surface area contributed by atoms with E-state index in [9.17, 15) is 12.8 Å². The maximum Gasteiger partial charge on any atom is 0.243 e. The van der Waals surface area contributed by atoms with Crippen LogP contribution >= 0.6 is 15.9 Å². The molecule has 1 aromatic carbocycles. The van der Waals surface area contributed by atoms with E-state index in [1.54, 1.807) is 0 Å². The van der Waals surface area contributed by atoms with Crippen LogP contribution in [-0.2, 0) is 10.0 Å². The second-order valence-electron chi connectivity index (χ2n) is 4.86. The molecule has 1 aromatic rings. The number of alkyl halides is 1. The van der Waals surface area contributed by atoms with Crippen molar-refractivity contribution in [2.24, 2.45) is 5.92 Å². The Bertz CT molecular complexity index is 535. The van der Waals surface area contributed by atoms with Gasteiger partial charge in [-0.15, -0.1) is 0 Å². The highest BCUT2D eigenvalue weighted by molar-refractivity contribution is 9.09. The fraction of sp³-hybridized carbons (Fsp3) is 0.538. The van der Waals surface area contributed by atoms with Gasteiger partial charge in [0.15, 0.2) is 0 Å². The molecule has 6 heteroatoms. The number of halogens is 2. The SMILES string of the molecule is O=S(=O)(NC1CCCCC1CBr)c1ccccc1F. The molecule has 0 saturated heterocycles. The van der Waals surface area contributed by atoms with E-state index in [0.29, 0.717) is 0 Å². The summed E-state index contributed by atoms with van der Waals surface area (Å²) in [6.45, 7) is 0. The summed E-state index contributed by atoms with van der Waals surface area (Å²) in [6, 6.07) is 5.36. The summed E-state index contributed by atoms with van der Waals surface area (Å²) in [4.78, 5) is -0.270. The molecule has 1 aliphatic carbocycles. The lowest BCUT2D eigenvalue weighted by molar-refractivity contribution is 0.316. The van der Waals surface area contributed by atoms with Crippen LogP contribution in [0, 0.1) is 11.7 Å². The van der Waals surface area contributed by atoms with Gasteiger partial charge in [0.05, 0.1) is 0 Å². The smallest absolute Gasteiger partial charge is 0.208 e. The third-order valence-electron chi connectivity index (χ3n) is 3.54. The number of benzene rings is 1. The normalized spacial score (nSPS) is 24.3. The second-order valence-corrected chi connectivity index (χ2v) is 7.19. The molecule has 3 nitrogen and oxygen atoms in total. The highest BCUT2D eigenvalue weighted by Crippen LogP contribution is 2.27. The van der Waals surface area contributed by atoms with Crippen LogP contribution in [0.25, 0.3) is 0 Å². The van der Waals surface area contributed by atoms with Crippen molar-refractivity contribution in [3.63, 3.8) is 0 Å². The van der Waals surface area contributed by atoms with E-state index in [1.807, 2.05) is 0 Å². The Balaban J connectivity index is 2.19. The number of hydrogen-bond acceptors (Lipinski definition) is 2. The van der Waals surface area contributed by atoms with Crippen LogP contribution in [0.2, 0.25) is 0 Å². The summed E-state index contributed by atoms with van der Waals surface area (Å²) in [6.07, 6.45) is 3.93. The lowest BCUT2D eigenvalue weighted by Gasteiger charge is -2.30. The maximum absolute atomic E-state index is 13.6. The maximum atomic E-state index is 13.6. The summed E-state index contributed by atoms with van der Waals surface area (Å²) >= 11 is 3.42. The Hall–Kier alpha value is -0.460. The fourth-order valence-corrected chi connectivity index (χ4v) is 4.67. The van der Waals surface area contributed by atoms with Gasteiger partial charge in [0, 0.05) is 11.4 Å². The van der Waals surface area contributed by atoms with E-state index in [0.717, 1.165) is 37.1 Å². The van der Waals surface area contributed by atoms with Gasteiger partial charge >= 0.3 is 0 Å². The van der Waals surface area contributed by atoms with Gasteiger partial charge < -0.3 is 0 Å². The van der Waals surface area contributed by atoms with Gasteiger partial charge in [0.1, 0.15) is 10.7 Å². The summed E-state index contributed by atoms with van der Waals surface area (Å²) < 4.78 is 40.7. The summed E-state index contributed by atoms with van der Waals surface area (Å²) in [5.41, 5.74) is 0. The van der Waals surface area contributed by atoms with Crippen molar-refractivity contribution >= 4 is 26.0 Å². The highest BCUT2D eigenvalue weighted by atomic mass is 79.9. The van der Waals surface area contributed by atoms with Crippen molar-refractivity contribution in [2.75, 3.05) is 5.33 Å². The van der Waals surface area contributed by atoms with Crippen LogP contribution in [0.1, 0.15) is 25.7 Å². The van der Waals surface area contributed by atoms with Crippen molar-refractivity contribution in [3.8, 4) is 0 Å². The zero-order chi connectivity index (χ0) is 13.9. The average molecular weight is 350 g/mol. The minimum absolute atomic E-state index is 0.113. The Morgan fingerprint density at radius 2 is 1.95 bits per heavy atom. The molecule has 1 N–H and O–H groups in total. The minimum atomic E-state index is -3.78. The molecule has 19 heavy (non-hydrogen) atoms. The third kappa shape index (κ3) is 3.55. The van der Waals surface area contributed by atoms with E-state index in [2.05, 4.69) is 20.7 Å². The number of nitrogens with one attached hydrogen (secondary N) is 1. The summed E-state index contributed by atoms with van der Waals surface area (Å²) in [5.74, 6) is -0.434. The third-order valence-corrected chi connectivity index (χ3v) is 5.89. The molecule has 2 unspecified atom stereocenters. The molecule has 2 rings (SSSR count). The largest absolute Gasteiger partial charge is 0.243 e. The van der Waals surface area contributed by atoms with Crippen molar-refractivity contribution in [3.05, 3.63) is 30.1 Å². The van der Waals surface area contributed by atoms with Gasteiger partial charge in [-0.2, -0.15) is 0 Å². The van der Waals surface area contributed by atoms with E-state index in [4.69, 9.17) is 0 Å². The zero-order valence-corrected chi connectivity index (χ0v) is 12.9. The number of rotatable bonds is 4. The first-order chi connectivity index (χ1) is 9.04. The molecule has 1 aliphatic rings. The Labute approximate surface area is 121 Å². The van der Waals surface area contributed by atoms with Crippen LogP contribution in [-0.4, -0.2) is 19.8 Å². The Kier molecular flexibility index (Phi) is 4.97. The standard InChI is InChI=1S/C13H17BrFNO2S/c14-9-10-5-1-3-7-12(10)16-19(17,18)13-8-4-2-6-11(13)15/h2,4,6,8,10,12,16H,1,3,5,7,9H2. The van der Waals surface area contributed by atoms with E-state index < -0.39 is 15.8 Å². The fourth-order valence-electron chi connectivity index (χ4n) is 2.47. The van der Waals surface area contributed by atoms with Crippen LogP contribution in [0.5, 0.6) is 0 Å². The lowest BCUT2D eigenvalue weighted by atomic mass is 9.87. The monoisotopic (exact) mass is 349 g/mol. The molecule has 0 aliphatic heterocycles. The second kappa shape index (κ2) is 6.33. The first-order valence-corrected chi connectivity index (χ1v) is 8.98. The molecule has 1 fully saturated rings. The van der Waals surface area contributed by atoms with E-state index >= 15 is 0 Å². The molecule has 0 amide bonds. The van der Waals surface area contributed by atoms with Gasteiger partial charge in [-0.05, 0) is 30.9 Å². The molecule has 0 radical (unpaired) electrons. The molecule has 0 aromatic heterocycles. The quantitative estimate of drug-likeness (QED) is 0.849. The van der Waals surface area contributed by atoms with Gasteiger partial charge in [-0.1, -0.05) is 40.9 Å². The summed E-state index contributed by atoms with van der Waals surface area (Å²) in [5, 5.41) is 0.761. The van der Waals surface area contributed by atoms with Crippen LogP contribution < -0.4 is 4.72 Å². The molecule has 0 bridgehead atoms. The molecule has 0 heterocycles. The van der Waals surface area contributed by atoms with Crippen molar-refractivity contribution in [1.29, 1.82) is 0 Å². The van der Waals surface area contributed by atoms with Crippen LogP contribution in [0.4, 0.5) is 4.39 Å². The molecular formula is C13H17BrFNO2S.